The highest BCUT2D eigenvalue weighted by Crippen LogP contribution is 2.26. The van der Waals surface area contributed by atoms with Crippen molar-refractivity contribution in [1.82, 2.24) is 5.32 Å². The Morgan fingerprint density at radius 1 is 1.41 bits per heavy atom. The summed E-state index contributed by atoms with van der Waals surface area (Å²) in [6.07, 6.45) is 1.08. The molecule has 0 bridgehead atoms. The normalized spacial score (nSPS) is 24.5. The summed E-state index contributed by atoms with van der Waals surface area (Å²) in [4.78, 5) is 2.30. The average molecular weight is 236 g/mol. The van der Waals surface area contributed by atoms with Crippen molar-refractivity contribution in [2.24, 2.45) is 0 Å². The van der Waals surface area contributed by atoms with Crippen LogP contribution >= 0.6 is 0 Å². The summed E-state index contributed by atoms with van der Waals surface area (Å²) in [7, 11) is 0. The minimum Gasteiger partial charge on any atom is -0.365 e. The lowest BCUT2D eigenvalue weighted by Gasteiger charge is -2.38. The van der Waals surface area contributed by atoms with Gasteiger partial charge in [0.15, 0.2) is 0 Å². The fourth-order valence-electron chi connectivity index (χ4n) is 2.37. The van der Waals surface area contributed by atoms with Crippen LogP contribution in [0.4, 0.5) is 10.1 Å². The molecule has 1 saturated heterocycles. The summed E-state index contributed by atoms with van der Waals surface area (Å²) in [5.41, 5.74) is 0.990. The average Bonchev–Trinajstić information content (AvgIpc) is 2.39. The van der Waals surface area contributed by atoms with E-state index >= 15 is 0 Å². The maximum Gasteiger partial charge on any atom is 0.125 e. The second-order valence-electron chi connectivity index (χ2n) is 5.51. The molecule has 1 aliphatic heterocycles. The minimum absolute atomic E-state index is 0.0125. The molecule has 1 heterocycles. The van der Waals surface area contributed by atoms with E-state index in [4.69, 9.17) is 0 Å². The summed E-state index contributed by atoms with van der Waals surface area (Å²) >= 11 is 0. The summed E-state index contributed by atoms with van der Waals surface area (Å²) in [5.74, 6) is -0.163. The Morgan fingerprint density at radius 3 is 2.88 bits per heavy atom. The fraction of sp³-hybridized carbons (Fsp3) is 0.571. The number of halogens is 1. The molecule has 1 unspecified atom stereocenters. The van der Waals surface area contributed by atoms with Crippen LogP contribution in [-0.2, 0) is 0 Å². The lowest BCUT2D eigenvalue weighted by Crippen LogP contribution is -2.49. The molecule has 1 aromatic carbocycles. The fourth-order valence-corrected chi connectivity index (χ4v) is 2.37. The molecule has 1 fully saturated rings. The molecule has 1 aliphatic rings. The van der Waals surface area contributed by atoms with E-state index in [0.29, 0.717) is 6.04 Å². The van der Waals surface area contributed by atoms with E-state index in [1.54, 1.807) is 12.1 Å². The van der Waals surface area contributed by atoms with Gasteiger partial charge in [-0.3, -0.25) is 0 Å². The molecule has 1 atom stereocenters. The molecular formula is C14H21FN2. The number of benzene rings is 1. The van der Waals surface area contributed by atoms with Gasteiger partial charge < -0.3 is 10.2 Å². The molecule has 0 aliphatic carbocycles. The monoisotopic (exact) mass is 236 g/mol. The molecule has 17 heavy (non-hydrogen) atoms. The number of hydrogen-bond acceptors (Lipinski definition) is 2. The standard InChI is InChI=1S/C14H21FN2/c1-11-7-8-17(14(2,3)10-16-11)13-6-4-5-12(15)9-13/h4-6,9,11,16H,7-8,10H2,1-3H3. The van der Waals surface area contributed by atoms with Crippen LogP contribution in [0.2, 0.25) is 0 Å². The third-order valence-corrected chi connectivity index (χ3v) is 3.52. The molecular weight excluding hydrogens is 215 g/mol. The summed E-state index contributed by atoms with van der Waals surface area (Å²) in [6, 6.07) is 7.41. The van der Waals surface area contributed by atoms with Crippen LogP contribution in [0, 0.1) is 5.82 Å². The highest BCUT2D eigenvalue weighted by molar-refractivity contribution is 5.49. The Morgan fingerprint density at radius 2 is 2.18 bits per heavy atom. The first-order chi connectivity index (χ1) is 7.99. The molecule has 0 saturated carbocycles. The third kappa shape index (κ3) is 2.78. The van der Waals surface area contributed by atoms with E-state index in [0.717, 1.165) is 25.2 Å². The number of nitrogens with one attached hydrogen (secondary N) is 1. The van der Waals surface area contributed by atoms with Crippen molar-refractivity contribution >= 4 is 5.69 Å². The predicted octanol–water partition coefficient (Wildman–Crippen LogP) is 2.79. The van der Waals surface area contributed by atoms with Crippen LogP contribution in [-0.4, -0.2) is 24.7 Å². The number of hydrogen-bond donors (Lipinski definition) is 1. The van der Waals surface area contributed by atoms with Crippen LogP contribution < -0.4 is 10.2 Å². The van der Waals surface area contributed by atoms with Gasteiger partial charge >= 0.3 is 0 Å². The summed E-state index contributed by atoms with van der Waals surface area (Å²) in [5, 5.41) is 3.51. The SMILES string of the molecule is CC1CCN(c2cccc(F)c2)C(C)(C)CN1. The first kappa shape index (κ1) is 12.4. The second kappa shape index (κ2) is 4.65. The highest BCUT2D eigenvalue weighted by Gasteiger charge is 2.30. The van der Waals surface area contributed by atoms with Gasteiger partial charge in [0.05, 0.1) is 0 Å². The Labute approximate surface area is 103 Å². The topological polar surface area (TPSA) is 15.3 Å². The number of nitrogens with zero attached hydrogens (tertiary/aromatic N) is 1. The van der Waals surface area contributed by atoms with E-state index in [1.165, 1.54) is 6.07 Å². The quantitative estimate of drug-likeness (QED) is 0.806. The Balaban J connectivity index is 2.28. The van der Waals surface area contributed by atoms with Crippen molar-refractivity contribution in [3.63, 3.8) is 0 Å². The van der Waals surface area contributed by atoms with Gasteiger partial charge in [0.2, 0.25) is 0 Å². The van der Waals surface area contributed by atoms with Crippen LogP contribution in [0.1, 0.15) is 27.2 Å². The van der Waals surface area contributed by atoms with E-state index in [-0.39, 0.29) is 11.4 Å². The van der Waals surface area contributed by atoms with Gasteiger partial charge in [-0.1, -0.05) is 6.07 Å². The first-order valence-electron chi connectivity index (χ1n) is 6.26. The molecule has 3 heteroatoms. The first-order valence-corrected chi connectivity index (χ1v) is 6.26. The van der Waals surface area contributed by atoms with Crippen molar-refractivity contribution < 1.29 is 4.39 Å². The van der Waals surface area contributed by atoms with Crippen molar-refractivity contribution in [3.05, 3.63) is 30.1 Å². The Kier molecular flexibility index (Phi) is 3.38. The van der Waals surface area contributed by atoms with Gasteiger partial charge in [-0.05, 0) is 45.4 Å². The maximum absolute atomic E-state index is 13.3. The molecule has 0 aromatic heterocycles. The maximum atomic E-state index is 13.3. The van der Waals surface area contributed by atoms with Gasteiger partial charge in [0.25, 0.3) is 0 Å². The highest BCUT2D eigenvalue weighted by atomic mass is 19.1. The van der Waals surface area contributed by atoms with Gasteiger partial charge in [0.1, 0.15) is 5.82 Å². The third-order valence-electron chi connectivity index (χ3n) is 3.52. The molecule has 0 radical (unpaired) electrons. The second-order valence-corrected chi connectivity index (χ2v) is 5.51. The van der Waals surface area contributed by atoms with Crippen molar-refractivity contribution in [1.29, 1.82) is 0 Å². The van der Waals surface area contributed by atoms with Gasteiger partial charge in [0, 0.05) is 30.4 Å². The van der Waals surface area contributed by atoms with E-state index in [2.05, 4.69) is 31.0 Å². The smallest absolute Gasteiger partial charge is 0.125 e. The molecule has 0 spiro atoms. The zero-order valence-corrected chi connectivity index (χ0v) is 10.8. The zero-order valence-electron chi connectivity index (χ0n) is 10.8. The Hall–Kier alpha value is -1.09. The number of anilines is 1. The molecule has 2 nitrogen and oxygen atoms in total. The van der Waals surface area contributed by atoms with E-state index in [9.17, 15) is 4.39 Å². The Bertz CT molecular complexity index is 390. The molecule has 2 rings (SSSR count). The lowest BCUT2D eigenvalue weighted by atomic mass is 10.0. The van der Waals surface area contributed by atoms with Crippen LogP contribution in [0.15, 0.2) is 24.3 Å². The van der Waals surface area contributed by atoms with Crippen molar-refractivity contribution in [3.8, 4) is 0 Å². The van der Waals surface area contributed by atoms with E-state index in [1.807, 2.05) is 6.07 Å². The number of rotatable bonds is 1. The zero-order chi connectivity index (χ0) is 12.5. The molecule has 0 amide bonds. The minimum atomic E-state index is -0.163. The molecule has 1 N–H and O–H groups in total. The van der Waals surface area contributed by atoms with Gasteiger partial charge in [-0.15, -0.1) is 0 Å². The van der Waals surface area contributed by atoms with E-state index < -0.39 is 0 Å². The summed E-state index contributed by atoms with van der Waals surface area (Å²) in [6.45, 7) is 8.48. The largest absolute Gasteiger partial charge is 0.365 e. The van der Waals surface area contributed by atoms with Gasteiger partial charge in [-0.2, -0.15) is 0 Å². The van der Waals surface area contributed by atoms with Gasteiger partial charge in [-0.25, -0.2) is 4.39 Å². The molecule has 1 aromatic rings. The van der Waals surface area contributed by atoms with Crippen LogP contribution in [0.5, 0.6) is 0 Å². The predicted molar refractivity (Wildman–Crippen MR) is 69.9 cm³/mol. The lowest BCUT2D eigenvalue weighted by molar-refractivity contribution is 0.447. The summed E-state index contributed by atoms with van der Waals surface area (Å²) < 4.78 is 13.3. The van der Waals surface area contributed by atoms with Crippen molar-refractivity contribution in [2.45, 2.75) is 38.8 Å². The molecule has 94 valence electrons. The van der Waals surface area contributed by atoms with Crippen LogP contribution in [0.3, 0.4) is 0 Å². The van der Waals surface area contributed by atoms with Crippen molar-refractivity contribution in [2.75, 3.05) is 18.0 Å². The van der Waals surface area contributed by atoms with Crippen LogP contribution in [0.25, 0.3) is 0 Å².